The molecule has 0 atom stereocenters. The highest BCUT2D eigenvalue weighted by Gasteiger charge is 2.23. The van der Waals surface area contributed by atoms with Crippen LogP contribution in [0.3, 0.4) is 0 Å². The molecule has 1 N–H and O–H groups in total. The third-order valence-corrected chi connectivity index (χ3v) is 6.31. The third-order valence-electron chi connectivity index (χ3n) is 4.20. The summed E-state index contributed by atoms with van der Waals surface area (Å²) in [6.07, 6.45) is 1.44. The Bertz CT molecular complexity index is 1140. The Balaban J connectivity index is 1.94. The van der Waals surface area contributed by atoms with Crippen LogP contribution in [0.2, 0.25) is 5.02 Å². The molecule has 2 aromatic carbocycles. The number of nitrogens with zero attached hydrogens (tertiary/aromatic N) is 3. The van der Waals surface area contributed by atoms with Crippen LogP contribution in [0.25, 0.3) is 5.69 Å². The molecule has 1 heterocycles. The molecule has 0 spiro atoms. The average Bonchev–Trinajstić information content (AvgIpc) is 3.03. The third kappa shape index (κ3) is 3.80. The summed E-state index contributed by atoms with van der Waals surface area (Å²) in [7, 11) is -0.830. The Morgan fingerprint density at radius 1 is 1.14 bits per heavy atom. The zero-order valence-electron chi connectivity index (χ0n) is 15.5. The fraction of sp³-hybridized carbons (Fsp3) is 0.158. The minimum absolute atomic E-state index is 0.0215. The van der Waals surface area contributed by atoms with Crippen LogP contribution >= 0.6 is 11.6 Å². The number of aromatic nitrogens is 2. The fourth-order valence-corrected chi connectivity index (χ4v) is 3.91. The number of benzene rings is 2. The molecule has 3 aromatic rings. The summed E-state index contributed by atoms with van der Waals surface area (Å²) < 4.78 is 27.7. The van der Waals surface area contributed by atoms with Gasteiger partial charge in [-0.3, -0.25) is 4.79 Å². The summed E-state index contributed by atoms with van der Waals surface area (Å²) >= 11 is 6.03. The largest absolute Gasteiger partial charge is 0.321 e. The molecule has 146 valence electrons. The number of carbonyl (C=O) groups excluding carboxylic acids is 1. The molecule has 0 unspecified atom stereocenters. The summed E-state index contributed by atoms with van der Waals surface area (Å²) in [6.45, 7) is 1.76. The van der Waals surface area contributed by atoms with Crippen molar-refractivity contribution in [1.82, 2.24) is 14.1 Å². The van der Waals surface area contributed by atoms with Gasteiger partial charge in [0.05, 0.1) is 28.8 Å². The van der Waals surface area contributed by atoms with E-state index in [1.807, 2.05) is 6.07 Å². The molecule has 0 aliphatic carbocycles. The summed E-state index contributed by atoms with van der Waals surface area (Å²) in [5, 5.41) is 7.50. The second-order valence-corrected chi connectivity index (χ2v) is 8.83. The Kier molecular flexibility index (Phi) is 5.55. The monoisotopic (exact) mass is 418 g/mol. The van der Waals surface area contributed by atoms with Gasteiger partial charge >= 0.3 is 0 Å². The molecule has 3 rings (SSSR count). The van der Waals surface area contributed by atoms with E-state index in [-0.39, 0.29) is 10.6 Å². The van der Waals surface area contributed by atoms with Crippen LogP contribution in [-0.2, 0) is 10.0 Å². The second-order valence-electron chi connectivity index (χ2n) is 6.27. The number of halogens is 1. The molecule has 0 radical (unpaired) electrons. The maximum absolute atomic E-state index is 12.8. The van der Waals surface area contributed by atoms with Crippen molar-refractivity contribution in [3.8, 4) is 5.69 Å². The number of hydrogen-bond acceptors (Lipinski definition) is 4. The SMILES string of the molecule is Cc1c(C(=O)Nc2ccccc2S(=O)(=O)N(C)C)cnn1-c1cccc(Cl)c1. The van der Waals surface area contributed by atoms with E-state index in [0.717, 1.165) is 9.99 Å². The Morgan fingerprint density at radius 2 is 1.86 bits per heavy atom. The van der Waals surface area contributed by atoms with Crippen molar-refractivity contribution in [2.45, 2.75) is 11.8 Å². The van der Waals surface area contributed by atoms with Gasteiger partial charge in [0.2, 0.25) is 10.0 Å². The minimum Gasteiger partial charge on any atom is -0.321 e. The highest BCUT2D eigenvalue weighted by Crippen LogP contribution is 2.24. The molecule has 0 aliphatic heterocycles. The van der Waals surface area contributed by atoms with Gasteiger partial charge in [0, 0.05) is 19.1 Å². The first kappa shape index (κ1) is 20.1. The number of sulfonamides is 1. The van der Waals surface area contributed by atoms with Crippen LogP contribution in [0.4, 0.5) is 5.69 Å². The zero-order chi connectivity index (χ0) is 20.5. The van der Waals surface area contributed by atoms with Gasteiger partial charge in [-0.1, -0.05) is 29.8 Å². The molecule has 0 aliphatic rings. The summed E-state index contributed by atoms with van der Waals surface area (Å²) in [6, 6.07) is 13.4. The van der Waals surface area contributed by atoms with Crippen molar-refractivity contribution in [1.29, 1.82) is 0 Å². The highest BCUT2D eigenvalue weighted by molar-refractivity contribution is 7.89. The molecular weight excluding hydrogens is 400 g/mol. The van der Waals surface area contributed by atoms with Crippen LogP contribution < -0.4 is 5.32 Å². The van der Waals surface area contributed by atoms with E-state index in [4.69, 9.17) is 11.6 Å². The molecule has 28 heavy (non-hydrogen) atoms. The molecule has 7 nitrogen and oxygen atoms in total. The molecule has 0 fully saturated rings. The molecule has 0 bridgehead atoms. The van der Waals surface area contributed by atoms with Crippen molar-refractivity contribution >= 4 is 33.2 Å². The maximum Gasteiger partial charge on any atom is 0.259 e. The first-order chi connectivity index (χ1) is 13.2. The zero-order valence-corrected chi connectivity index (χ0v) is 17.1. The smallest absolute Gasteiger partial charge is 0.259 e. The Labute approximate surface area is 168 Å². The summed E-state index contributed by atoms with van der Waals surface area (Å²) in [4.78, 5) is 12.8. The van der Waals surface area contributed by atoms with Gasteiger partial charge in [0.1, 0.15) is 4.90 Å². The Hall–Kier alpha value is -2.68. The number of rotatable bonds is 5. The standard InChI is InChI=1S/C19H19ClN4O3S/c1-13-16(12-21-24(13)15-8-6-7-14(20)11-15)19(25)22-17-9-4-5-10-18(17)28(26,27)23(2)3/h4-12H,1-3H3,(H,22,25). The normalized spacial score (nSPS) is 11.6. The summed E-state index contributed by atoms with van der Waals surface area (Å²) in [5.41, 5.74) is 1.86. The van der Waals surface area contributed by atoms with E-state index < -0.39 is 15.9 Å². The first-order valence-corrected chi connectivity index (χ1v) is 10.2. The van der Waals surface area contributed by atoms with Gasteiger partial charge in [-0.05, 0) is 37.3 Å². The lowest BCUT2D eigenvalue weighted by Crippen LogP contribution is -2.24. The van der Waals surface area contributed by atoms with Crippen LogP contribution in [-0.4, -0.2) is 42.5 Å². The molecule has 9 heteroatoms. The van der Waals surface area contributed by atoms with E-state index in [1.165, 1.54) is 26.4 Å². The van der Waals surface area contributed by atoms with Crippen molar-refractivity contribution in [2.24, 2.45) is 0 Å². The minimum atomic E-state index is -3.70. The van der Waals surface area contributed by atoms with Gasteiger partial charge in [0.25, 0.3) is 5.91 Å². The number of amides is 1. The van der Waals surface area contributed by atoms with Gasteiger partial charge in [-0.2, -0.15) is 5.10 Å². The molecule has 0 saturated carbocycles. The van der Waals surface area contributed by atoms with E-state index in [1.54, 1.807) is 48.0 Å². The van der Waals surface area contributed by atoms with Gasteiger partial charge in [0.15, 0.2) is 0 Å². The van der Waals surface area contributed by atoms with Gasteiger partial charge < -0.3 is 5.32 Å². The van der Waals surface area contributed by atoms with E-state index in [9.17, 15) is 13.2 Å². The molecule has 1 aromatic heterocycles. The van der Waals surface area contributed by atoms with Crippen LogP contribution in [0, 0.1) is 6.92 Å². The van der Waals surface area contributed by atoms with Crippen molar-refractivity contribution in [2.75, 3.05) is 19.4 Å². The van der Waals surface area contributed by atoms with Gasteiger partial charge in [-0.25, -0.2) is 17.4 Å². The lowest BCUT2D eigenvalue weighted by molar-refractivity contribution is 0.102. The van der Waals surface area contributed by atoms with Crippen LogP contribution in [0.5, 0.6) is 0 Å². The molecule has 1 amide bonds. The first-order valence-electron chi connectivity index (χ1n) is 8.35. The number of carbonyl (C=O) groups is 1. The van der Waals surface area contributed by atoms with Crippen LogP contribution in [0.15, 0.2) is 59.6 Å². The highest BCUT2D eigenvalue weighted by atomic mass is 35.5. The predicted molar refractivity (Wildman–Crippen MR) is 109 cm³/mol. The quantitative estimate of drug-likeness (QED) is 0.688. The lowest BCUT2D eigenvalue weighted by atomic mass is 10.2. The second kappa shape index (κ2) is 7.75. The van der Waals surface area contributed by atoms with Crippen LogP contribution in [0.1, 0.15) is 16.1 Å². The maximum atomic E-state index is 12.8. The molecule has 0 saturated heterocycles. The van der Waals surface area contributed by atoms with Crippen molar-refractivity contribution in [3.05, 3.63) is 71.0 Å². The van der Waals surface area contributed by atoms with E-state index in [2.05, 4.69) is 10.4 Å². The number of hydrogen-bond donors (Lipinski definition) is 1. The number of anilines is 1. The number of para-hydroxylation sites is 1. The average molecular weight is 419 g/mol. The summed E-state index contributed by atoms with van der Waals surface area (Å²) in [5.74, 6) is -0.452. The number of nitrogens with one attached hydrogen (secondary N) is 1. The lowest BCUT2D eigenvalue weighted by Gasteiger charge is -2.15. The van der Waals surface area contributed by atoms with Crippen molar-refractivity contribution < 1.29 is 13.2 Å². The van der Waals surface area contributed by atoms with Gasteiger partial charge in [-0.15, -0.1) is 0 Å². The van der Waals surface area contributed by atoms with E-state index >= 15 is 0 Å². The topological polar surface area (TPSA) is 84.3 Å². The fourth-order valence-electron chi connectivity index (χ4n) is 2.68. The Morgan fingerprint density at radius 3 is 2.54 bits per heavy atom. The van der Waals surface area contributed by atoms with E-state index in [0.29, 0.717) is 16.3 Å². The predicted octanol–water partition coefficient (Wildman–Crippen LogP) is 3.34. The van der Waals surface area contributed by atoms with Crippen molar-refractivity contribution in [3.63, 3.8) is 0 Å². The molecular formula is C19H19ClN4O3S.